The number of hydrogen-bond acceptors (Lipinski definition) is 8. The van der Waals surface area contributed by atoms with Crippen LogP contribution < -0.4 is 11.3 Å². The summed E-state index contributed by atoms with van der Waals surface area (Å²) < 4.78 is 46.4. The van der Waals surface area contributed by atoms with Crippen LogP contribution in [-0.4, -0.2) is 46.7 Å². The summed E-state index contributed by atoms with van der Waals surface area (Å²) in [7, 11) is -2.15. The van der Waals surface area contributed by atoms with Crippen molar-refractivity contribution in [2.45, 2.75) is 38.6 Å². The smallest absolute Gasteiger partial charge is 0.343 e. The summed E-state index contributed by atoms with van der Waals surface area (Å²) in [6, 6.07) is 4.11. The van der Waals surface area contributed by atoms with Crippen LogP contribution in [0.3, 0.4) is 0 Å². The molecule has 35 heavy (non-hydrogen) atoms. The number of ether oxygens (including phenoxy) is 1. The van der Waals surface area contributed by atoms with Crippen LogP contribution in [0.25, 0.3) is 22.3 Å². The van der Waals surface area contributed by atoms with Gasteiger partial charge in [0.2, 0.25) is 10.0 Å². The summed E-state index contributed by atoms with van der Waals surface area (Å²) >= 11 is 0. The van der Waals surface area contributed by atoms with Crippen molar-refractivity contribution in [2.75, 3.05) is 19.0 Å². The molecule has 0 spiro atoms. The third kappa shape index (κ3) is 3.35. The molecule has 184 valence electrons. The van der Waals surface area contributed by atoms with Crippen molar-refractivity contribution in [2.24, 2.45) is 0 Å². The highest BCUT2D eigenvalue weighted by Crippen LogP contribution is 2.41. The van der Waals surface area contributed by atoms with E-state index in [4.69, 9.17) is 10.5 Å². The number of benzene rings is 1. The van der Waals surface area contributed by atoms with Crippen molar-refractivity contribution < 1.29 is 27.4 Å². The van der Waals surface area contributed by atoms with Crippen LogP contribution in [-0.2, 0) is 44.9 Å². The SMILES string of the molecule is CC[C@@]1(O)C(=O)OCc2c1cc1n(c2=O)Cc2c-1nc1cc(F)c(N)cc1c2CN(C)S(C)(=O)=O. The fraction of sp³-hybridized carbons (Fsp3) is 0.348. The van der Waals surface area contributed by atoms with Gasteiger partial charge in [-0.2, -0.15) is 0 Å². The number of anilines is 1. The summed E-state index contributed by atoms with van der Waals surface area (Å²) in [4.78, 5) is 30.4. The van der Waals surface area contributed by atoms with Gasteiger partial charge in [0.15, 0.2) is 5.60 Å². The Kier molecular flexibility index (Phi) is 5.06. The average molecular weight is 503 g/mol. The first-order valence-corrected chi connectivity index (χ1v) is 12.7. The summed E-state index contributed by atoms with van der Waals surface area (Å²) in [6.07, 6.45) is 1.06. The number of fused-ring (bicyclic) bond motifs is 5. The Morgan fingerprint density at radius 2 is 2.00 bits per heavy atom. The van der Waals surface area contributed by atoms with E-state index >= 15 is 0 Å². The second-order valence-electron chi connectivity index (χ2n) is 8.93. The van der Waals surface area contributed by atoms with Crippen molar-refractivity contribution in [3.05, 3.63) is 56.6 Å². The van der Waals surface area contributed by atoms with Gasteiger partial charge in [0.05, 0.1) is 41.0 Å². The van der Waals surface area contributed by atoms with Gasteiger partial charge in [-0.25, -0.2) is 26.9 Å². The molecular formula is C23H23FN4O6S. The minimum absolute atomic E-state index is 0.00533. The molecule has 0 bridgehead atoms. The van der Waals surface area contributed by atoms with Crippen LogP contribution in [0.15, 0.2) is 23.0 Å². The van der Waals surface area contributed by atoms with Crippen LogP contribution in [0.5, 0.6) is 0 Å². The number of halogens is 1. The molecule has 0 saturated carbocycles. The van der Waals surface area contributed by atoms with E-state index in [2.05, 4.69) is 4.98 Å². The number of sulfonamides is 1. The Morgan fingerprint density at radius 3 is 2.66 bits per heavy atom. The van der Waals surface area contributed by atoms with Crippen LogP contribution in [0, 0.1) is 5.82 Å². The number of pyridine rings is 2. The standard InChI is InChI=1S/C23H23FN4O6S/c1-4-23(31)15-6-19-20-13(9-28(19)21(29)14(15)10-34-22(23)30)12(8-27(2)35(3,32)33)11-5-17(25)16(24)7-18(11)26-20/h5-7,31H,4,8-10,25H2,1-3H3/t23-/m0/s1. The summed E-state index contributed by atoms with van der Waals surface area (Å²) in [5, 5.41) is 11.5. The highest BCUT2D eigenvalue weighted by atomic mass is 32.2. The van der Waals surface area contributed by atoms with Gasteiger partial charge in [0, 0.05) is 36.2 Å². The first kappa shape index (κ1) is 23.4. The van der Waals surface area contributed by atoms with E-state index in [0.717, 1.165) is 16.6 Å². The number of nitrogens with zero attached hydrogens (tertiary/aromatic N) is 3. The second-order valence-corrected chi connectivity index (χ2v) is 11.0. The third-order valence-corrected chi connectivity index (χ3v) is 8.13. The lowest BCUT2D eigenvalue weighted by Crippen LogP contribution is -2.44. The first-order chi connectivity index (χ1) is 16.4. The van der Waals surface area contributed by atoms with Crippen LogP contribution in [0.4, 0.5) is 10.1 Å². The number of hydrogen-bond donors (Lipinski definition) is 2. The minimum Gasteiger partial charge on any atom is -0.458 e. The van der Waals surface area contributed by atoms with Gasteiger partial charge in [0.1, 0.15) is 12.4 Å². The zero-order chi connectivity index (χ0) is 25.4. The van der Waals surface area contributed by atoms with Gasteiger partial charge in [-0.05, 0) is 24.1 Å². The molecule has 3 N–H and O–H groups in total. The topological polar surface area (TPSA) is 145 Å². The van der Waals surface area contributed by atoms with E-state index in [1.807, 2.05) is 0 Å². The molecule has 0 amide bonds. The second kappa shape index (κ2) is 7.57. The molecule has 12 heteroatoms. The Labute approximate surface area is 199 Å². The van der Waals surface area contributed by atoms with Crippen LogP contribution in [0.2, 0.25) is 0 Å². The lowest BCUT2D eigenvalue weighted by molar-refractivity contribution is -0.172. The predicted molar refractivity (Wildman–Crippen MR) is 125 cm³/mol. The molecule has 1 atom stereocenters. The highest BCUT2D eigenvalue weighted by Gasteiger charge is 2.45. The van der Waals surface area contributed by atoms with Crippen molar-refractivity contribution in [3.8, 4) is 11.4 Å². The Morgan fingerprint density at radius 1 is 1.29 bits per heavy atom. The molecular weight excluding hydrogens is 479 g/mol. The summed E-state index contributed by atoms with van der Waals surface area (Å²) in [5.74, 6) is -1.52. The number of cyclic esters (lactones) is 1. The number of aliphatic hydroxyl groups is 1. The van der Waals surface area contributed by atoms with Gasteiger partial charge in [-0.1, -0.05) is 6.92 Å². The van der Waals surface area contributed by atoms with Gasteiger partial charge in [0.25, 0.3) is 5.56 Å². The molecule has 0 fully saturated rings. The number of carbonyl (C=O) groups excluding carboxylic acids is 1. The van der Waals surface area contributed by atoms with Crippen molar-refractivity contribution in [1.29, 1.82) is 0 Å². The zero-order valence-corrected chi connectivity index (χ0v) is 20.1. The maximum Gasteiger partial charge on any atom is 0.343 e. The highest BCUT2D eigenvalue weighted by molar-refractivity contribution is 7.88. The van der Waals surface area contributed by atoms with Crippen molar-refractivity contribution in [3.63, 3.8) is 0 Å². The largest absolute Gasteiger partial charge is 0.458 e. The van der Waals surface area contributed by atoms with Crippen molar-refractivity contribution in [1.82, 2.24) is 13.9 Å². The molecule has 5 rings (SSSR count). The van der Waals surface area contributed by atoms with Gasteiger partial charge in [-0.15, -0.1) is 0 Å². The molecule has 0 unspecified atom stereocenters. The molecule has 2 aromatic heterocycles. The molecule has 0 aliphatic carbocycles. The monoisotopic (exact) mass is 502 g/mol. The lowest BCUT2D eigenvalue weighted by Gasteiger charge is -2.31. The average Bonchev–Trinajstić information content (AvgIpc) is 3.16. The molecule has 2 aliphatic heterocycles. The molecule has 0 saturated heterocycles. The Bertz CT molecular complexity index is 1620. The maximum absolute atomic E-state index is 14.3. The number of carbonyl (C=O) groups is 1. The summed E-state index contributed by atoms with van der Waals surface area (Å²) in [5.41, 5.74) is 5.59. The fourth-order valence-electron chi connectivity index (χ4n) is 4.72. The Balaban J connectivity index is 1.82. The number of esters is 1. The lowest BCUT2D eigenvalue weighted by atomic mass is 9.86. The fourth-order valence-corrected chi connectivity index (χ4v) is 5.08. The first-order valence-electron chi connectivity index (χ1n) is 10.9. The number of nitrogens with two attached hydrogens (primary N) is 1. The quantitative estimate of drug-likeness (QED) is 0.313. The van der Waals surface area contributed by atoms with Gasteiger partial charge in [-0.3, -0.25) is 4.79 Å². The van der Waals surface area contributed by atoms with Crippen LogP contribution in [0.1, 0.15) is 35.6 Å². The molecule has 1 aromatic carbocycles. The minimum atomic E-state index is -3.57. The summed E-state index contributed by atoms with van der Waals surface area (Å²) in [6.45, 7) is 1.34. The number of rotatable bonds is 4. The number of nitrogen functional groups attached to an aromatic ring is 1. The van der Waals surface area contributed by atoms with E-state index in [-0.39, 0.29) is 48.4 Å². The molecule has 2 aliphatic rings. The maximum atomic E-state index is 14.3. The third-order valence-electron chi connectivity index (χ3n) is 6.87. The molecule has 4 heterocycles. The van der Waals surface area contributed by atoms with E-state index in [0.29, 0.717) is 27.9 Å². The molecule has 10 nitrogen and oxygen atoms in total. The van der Waals surface area contributed by atoms with Crippen LogP contribution >= 0.6 is 0 Å². The molecule has 0 radical (unpaired) electrons. The van der Waals surface area contributed by atoms with E-state index in [1.54, 1.807) is 13.0 Å². The van der Waals surface area contributed by atoms with Crippen molar-refractivity contribution >= 4 is 32.6 Å². The normalized spacial score (nSPS) is 19.0. The number of aromatic nitrogens is 2. The molecule has 3 aromatic rings. The predicted octanol–water partition coefficient (Wildman–Crippen LogP) is 1.19. The van der Waals surface area contributed by atoms with Gasteiger partial charge < -0.3 is 20.1 Å². The van der Waals surface area contributed by atoms with E-state index in [9.17, 15) is 27.5 Å². The van der Waals surface area contributed by atoms with Gasteiger partial charge >= 0.3 is 5.97 Å². The Hall–Kier alpha value is -3.35. The zero-order valence-electron chi connectivity index (χ0n) is 19.3. The van der Waals surface area contributed by atoms with E-state index in [1.165, 1.54) is 17.7 Å². The van der Waals surface area contributed by atoms with E-state index < -0.39 is 33.0 Å².